The molecule has 0 atom stereocenters. The third-order valence-corrected chi connectivity index (χ3v) is 2.91. The van der Waals surface area contributed by atoms with Crippen molar-refractivity contribution in [3.8, 4) is 0 Å². The second kappa shape index (κ2) is 4.20. The van der Waals surface area contributed by atoms with Crippen LogP contribution in [0.5, 0.6) is 0 Å². The molecule has 0 aliphatic heterocycles. The third-order valence-electron chi connectivity index (χ3n) is 2.01. The van der Waals surface area contributed by atoms with Crippen LogP contribution in [-0.4, -0.2) is 4.98 Å². The molecular weight excluding hydrogens is 190 g/mol. The molecule has 0 saturated heterocycles. The second-order valence-corrected chi connectivity index (χ2v) is 3.93. The topological polar surface area (TPSA) is 12.9 Å². The van der Waals surface area contributed by atoms with E-state index in [9.17, 15) is 0 Å². The molecular formula is C12H11NS. The normalized spacial score (nSPS) is 10.9. The molecule has 0 radical (unpaired) electrons. The summed E-state index contributed by atoms with van der Waals surface area (Å²) in [4.78, 5) is 5.43. The maximum atomic E-state index is 4.20. The minimum absolute atomic E-state index is 1.10. The van der Waals surface area contributed by atoms with Crippen LogP contribution in [0.25, 0.3) is 12.2 Å². The number of hydrogen-bond donors (Lipinski definition) is 0. The second-order valence-electron chi connectivity index (χ2n) is 3.05. The van der Waals surface area contributed by atoms with Gasteiger partial charge in [-0.15, -0.1) is 11.3 Å². The van der Waals surface area contributed by atoms with E-state index >= 15 is 0 Å². The number of aromatic nitrogens is 1. The third kappa shape index (κ3) is 2.09. The number of hydrogen-bond acceptors (Lipinski definition) is 2. The number of rotatable bonds is 2. The van der Waals surface area contributed by atoms with Gasteiger partial charge in [-0.2, -0.15) is 0 Å². The molecule has 0 saturated carbocycles. The molecule has 2 aromatic rings. The Balaban J connectivity index is 2.20. The molecule has 1 nitrogen and oxygen atoms in total. The van der Waals surface area contributed by atoms with Gasteiger partial charge in [0, 0.05) is 4.88 Å². The van der Waals surface area contributed by atoms with E-state index in [0.29, 0.717) is 0 Å². The van der Waals surface area contributed by atoms with Crippen LogP contribution in [-0.2, 0) is 0 Å². The van der Waals surface area contributed by atoms with Gasteiger partial charge in [0.05, 0.1) is 11.2 Å². The summed E-state index contributed by atoms with van der Waals surface area (Å²) in [5.74, 6) is 0. The maximum Gasteiger partial charge on any atom is 0.0801 e. The Hall–Kier alpha value is -1.41. The fourth-order valence-electron chi connectivity index (χ4n) is 1.21. The van der Waals surface area contributed by atoms with Gasteiger partial charge in [-0.25, -0.2) is 4.98 Å². The Morgan fingerprint density at radius 2 is 1.93 bits per heavy atom. The van der Waals surface area contributed by atoms with Gasteiger partial charge >= 0.3 is 0 Å². The minimum Gasteiger partial charge on any atom is -0.249 e. The molecule has 0 amide bonds. The SMILES string of the molecule is Cc1ncsc1/C=C/c1ccccc1. The summed E-state index contributed by atoms with van der Waals surface area (Å²) < 4.78 is 0. The smallest absolute Gasteiger partial charge is 0.0801 e. The Kier molecular flexibility index (Phi) is 2.75. The van der Waals surface area contributed by atoms with Crippen molar-refractivity contribution in [1.29, 1.82) is 0 Å². The lowest BCUT2D eigenvalue weighted by Crippen LogP contribution is -1.72. The summed E-state index contributed by atoms with van der Waals surface area (Å²) in [6.45, 7) is 2.03. The molecule has 0 N–H and O–H groups in total. The van der Waals surface area contributed by atoms with Crippen molar-refractivity contribution < 1.29 is 0 Å². The highest BCUT2D eigenvalue weighted by Gasteiger charge is 1.94. The lowest BCUT2D eigenvalue weighted by molar-refractivity contribution is 1.26. The van der Waals surface area contributed by atoms with Crippen molar-refractivity contribution in [2.24, 2.45) is 0 Å². The molecule has 1 aromatic heterocycles. The van der Waals surface area contributed by atoms with Gasteiger partial charge in [0.1, 0.15) is 0 Å². The average Bonchev–Trinajstić information content (AvgIpc) is 2.63. The zero-order chi connectivity index (χ0) is 9.80. The zero-order valence-corrected chi connectivity index (χ0v) is 8.79. The summed E-state index contributed by atoms with van der Waals surface area (Å²) >= 11 is 1.67. The van der Waals surface area contributed by atoms with Gasteiger partial charge < -0.3 is 0 Å². The predicted octanol–water partition coefficient (Wildman–Crippen LogP) is 3.62. The van der Waals surface area contributed by atoms with Crippen LogP contribution >= 0.6 is 11.3 Å². The van der Waals surface area contributed by atoms with Gasteiger partial charge in [0.25, 0.3) is 0 Å². The van der Waals surface area contributed by atoms with E-state index in [-0.39, 0.29) is 0 Å². The predicted molar refractivity (Wildman–Crippen MR) is 62.2 cm³/mol. The molecule has 0 spiro atoms. The van der Waals surface area contributed by atoms with E-state index in [0.717, 1.165) is 5.69 Å². The summed E-state index contributed by atoms with van der Waals surface area (Å²) in [5.41, 5.74) is 4.20. The lowest BCUT2D eigenvalue weighted by atomic mass is 10.2. The first-order chi connectivity index (χ1) is 6.86. The number of nitrogens with zero attached hydrogens (tertiary/aromatic N) is 1. The molecule has 0 fully saturated rings. The van der Waals surface area contributed by atoms with Crippen LogP contribution in [0.2, 0.25) is 0 Å². The van der Waals surface area contributed by atoms with Crippen LogP contribution in [0.1, 0.15) is 16.1 Å². The Bertz CT molecular complexity index is 429. The van der Waals surface area contributed by atoms with Crippen molar-refractivity contribution >= 4 is 23.5 Å². The summed E-state index contributed by atoms with van der Waals surface area (Å²) in [5, 5.41) is 0. The number of thiazole rings is 1. The van der Waals surface area contributed by atoms with Gasteiger partial charge in [0.2, 0.25) is 0 Å². The Morgan fingerprint density at radius 3 is 2.57 bits per heavy atom. The fourth-order valence-corrected chi connectivity index (χ4v) is 1.90. The van der Waals surface area contributed by atoms with Gasteiger partial charge in [-0.05, 0) is 18.6 Å². The van der Waals surface area contributed by atoms with Crippen LogP contribution in [0, 0.1) is 6.92 Å². The minimum atomic E-state index is 1.10. The zero-order valence-electron chi connectivity index (χ0n) is 7.97. The van der Waals surface area contributed by atoms with Crippen molar-refractivity contribution in [1.82, 2.24) is 4.98 Å². The van der Waals surface area contributed by atoms with Crippen molar-refractivity contribution in [3.05, 3.63) is 52.0 Å². The first-order valence-electron chi connectivity index (χ1n) is 4.49. The molecule has 0 aliphatic rings. The standard InChI is InChI=1S/C12H11NS/c1-10-12(14-9-13-10)8-7-11-5-3-2-4-6-11/h2-9H,1H3/b8-7+. The molecule has 0 unspecified atom stereocenters. The molecule has 14 heavy (non-hydrogen) atoms. The maximum absolute atomic E-state index is 4.20. The van der Waals surface area contributed by atoms with Crippen LogP contribution < -0.4 is 0 Å². The molecule has 0 aliphatic carbocycles. The molecule has 70 valence electrons. The monoisotopic (exact) mass is 201 g/mol. The van der Waals surface area contributed by atoms with E-state index < -0.39 is 0 Å². The fraction of sp³-hybridized carbons (Fsp3) is 0.0833. The van der Waals surface area contributed by atoms with Crippen LogP contribution in [0.3, 0.4) is 0 Å². The molecule has 1 aromatic carbocycles. The van der Waals surface area contributed by atoms with Crippen molar-refractivity contribution in [3.63, 3.8) is 0 Å². The van der Waals surface area contributed by atoms with E-state index in [1.165, 1.54) is 10.4 Å². The summed E-state index contributed by atoms with van der Waals surface area (Å²) in [6.07, 6.45) is 4.23. The largest absolute Gasteiger partial charge is 0.249 e. The van der Waals surface area contributed by atoms with Gasteiger partial charge in [-0.3, -0.25) is 0 Å². The van der Waals surface area contributed by atoms with E-state index in [1.54, 1.807) is 11.3 Å². The van der Waals surface area contributed by atoms with E-state index in [4.69, 9.17) is 0 Å². The Labute approximate surface area is 87.8 Å². The lowest BCUT2D eigenvalue weighted by Gasteiger charge is -1.91. The quantitative estimate of drug-likeness (QED) is 0.723. The van der Waals surface area contributed by atoms with E-state index in [1.807, 2.05) is 30.6 Å². The van der Waals surface area contributed by atoms with Crippen LogP contribution in [0.4, 0.5) is 0 Å². The Morgan fingerprint density at radius 1 is 1.14 bits per heavy atom. The van der Waals surface area contributed by atoms with Crippen molar-refractivity contribution in [2.45, 2.75) is 6.92 Å². The summed E-state index contributed by atoms with van der Waals surface area (Å²) in [6, 6.07) is 10.3. The van der Waals surface area contributed by atoms with Gasteiger partial charge in [0.15, 0.2) is 0 Å². The molecule has 1 heterocycles. The molecule has 0 bridgehead atoms. The average molecular weight is 201 g/mol. The van der Waals surface area contributed by atoms with Crippen molar-refractivity contribution in [2.75, 3.05) is 0 Å². The number of aryl methyl sites for hydroxylation is 1. The number of benzene rings is 1. The highest BCUT2D eigenvalue weighted by molar-refractivity contribution is 7.10. The molecule has 2 heteroatoms. The molecule has 2 rings (SSSR count). The van der Waals surface area contributed by atoms with Gasteiger partial charge in [-0.1, -0.05) is 36.4 Å². The first kappa shape index (κ1) is 9.16. The summed E-state index contributed by atoms with van der Waals surface area (Å²) in [7, 11) is 0. The highest BCUT2D eigenvalue weighted by Crippen LogP contribution is 2.15. The van der Waals surface area contributed by atoms with E-state index in [2.05, 4.69) is 29.3 Å². The van der Waals surface area contributed by atoms with Crippen LogP contribution in [0.15, 0.2) is 35.8 Å². The highest BCUT2D eigenvalue weighted by atomic mass is 32.1. The first-order valence-corrected chi connectivity index (χ1v) is 5.37.